The predicted molar refractivity (Wildman–Crippen MR) is 149 cm³/mol. The van der Waals surface area contributed by atoms with Crippen molar-refractivity contribution in [3.8, 4) is 5.69 Å². The average Bonchev–Trinajstić information content (AvgIpc) is 3.25. The first-order chi connectivity index (χ1) is 19.2. The minimum atomic E-state index is -3.74. The third kappa shape index (κ3) is 6.58. The first-order valence-corrected chi connectivity index (χ1v) is 15.2. The van der Waals surface area contributed by atoms with E-state index >= 15 is 0 Å². The lowest BCUT2D eigenvalue weighted by Crippen LogP contribution is -2.30. The zero-order valence-electron chi connectivity index (χ0n) is 22.2. The molecule has 1 aromatic heterocycles. The number of carbonyl (C=O) groups is 1. The number of hydrogen-bond donors (Lipinski definition) is 1. The Bertz CT molecular complexity index is 1520. The molecule has 2 aliphatic rings. The summed E-state index contributed by atoms with van der Waals surface area (Å²) in [7, 11) is -3.74. The van der Waals surface area contributed by atoms with Gasteiger partial charge >= 0.3 is 0 Å². The molecule has 5 rings (SSSR count). The molecule has 3 heterocycles. The molecule has 1 N–H and O–H groups in total. The van der Waals surface area contributed by atoms with Gasteiger partial charge in [0, 0.05) is 34.9 Å². The zero-order chi connectivity index (χ0) is 28.3. The molecule has 3 aromatic rings. The van der Waals surface area contributed by atoms with Gasteiger partial charge in [-0.25, -0.2) is 0 Å². The largest absolute Gasteiger partial charge is 0.353 e. The van der Waals surface area contributed by atoms with E-state index in [1.807, 2.05) is 18.2 Å². The summed E-state index contributed by atoms with van der Waals surface area (Å²) in [5, 5.41) is 12.0. The van der Waals surface area contributed by atoms with Crippen LogP contribution < -0.4 is 5.32 Å². The van der Waals surface area contributed by atoms with Crippen molar-refractivity contribution in [3.63, 3.8) is 0 Å². The van der Waals surface area contributed by atoms with Crippen LogP contribution in [0.15, 0.2) is 47.5 Å². The van der Waals surface area contributed by atoms with Gasteiger partial charge in [-0.1, -0.05) is 23.7 Å². The van der Waals surface area contributed by atoms with E-state index in [0.717, 1.165) is 31.1 Å². The highest BCUT2D eigenvalue weighted by atomic mass is 35.5. The second-order valence-electron chi connectivity index (χ2n) is 9.58. The van der Waals surface area contributed by atoms with Crippen molar-refractivity contribution in [2.24, 2.45) is 4.99 Å². The number of rotatable bonds is 9. The number of halogens is 1. The highest BCUT2D eigenvalue weighted by molar-refractivity contribution is 7.85. The summed E-state index contributed by atoms with van der Waals surface area (Å²) in [6.45, 7) is 2.88. The number of aliphatic imine (C=N–C) groups is 1. The monoisotopic (exact) mass is 587 g/mol. The van der Waals surface area contributed by atoms with Gasteiger partial charge < -0.3 is 14.8 Å². The number of benzene rings is 2. The lowest BCUT2D eigenvalue weighted by molar-refractivity contribution is -0.161. The molecule has 1 saturated heterocycles. The Hall–Kier alpha value is -3.16. The van der Waals surface area contributed by atoms with Crippen LogP contribution >= 0.6 is 11.6 Å². The van der Waals surface area contributed by atoms with Crippen LogP contribution in [0, 0.1) is 6.92 Å². The van der Waals surface area contributed by atoms with Gasteiger partial charge in [0.2, 0.25) is 0 Å². The number of ether oxygens (including phenoxy) is 2. The number of amides is 1. The Morgan fingerprint density at radius 3 is 2.70 bits per heavy atom. The van der Waals surface area contributed by atoms with Crippen molar-refractivity contribution in [2.75, 3.05) is 32.6 Å². The third-order valence-corrected chi connectivity index (χ3v) is 7.39. The molecule has 2 unspecified atom stereocenters. The molecule has 212 valence electrons. The van der Waals surface area contributed by atoms with Crippen molar-refractivity contribution in [1.82, 2.24) is 20.1 Å². The molecule has 13 heteroatoms. The quantitative estimate of drug-likeness (QED) is 0.297. The maximum absolute atomic E-state index is 13.1. The summed E-state index contributed by atoms with van der Waals surface area (Å²) in [5.41, 5.74) is 3.03. The molecule has 1 amide bonds. The average molecular weight is 588 g/mol. The smallest absolute Gasteiger partial charge is 0.264 e. The Morgan fingerprint density at radius 1 is 1.18 bits per heavy atom. The molecule has 2 aliphatic heterocycles. The van der Waals surface area contributed by atoms with Crippen LogP contribution in [0.2, 0.25) is 5.02 Å². The van der Waals surface area contributed by atoms with Gasteiger partial charge in [0.05, 0.1) is 30.9 Å². The van der Waals surface area contributed by atoms with Crippen molar-refractivity contribution in [3.05, 3.63) is 75.8 Å². The standard InChI is InChI=1S/C27H30ClN5O6S/c1-17-31-32-26-22(16-39-40(2,35)36)30-25(18-6-9-20(28)10-7-18)21-15-19(8-11-23(21)33(17)26)27(34)29-12-14-38-24-5-3-4-13-37-24/h6-11,15,22,24H,3-5,12-14,16H2,1-2H3,(H,29,34). The second-order valence-corrected chi connectivity index (χ2v) is 11.7. The van der Waals surface area contributed by atoms with E-state index in [1.165, 1.54) is 0 Å². The summed E-state index contributed by atoms with van der Waals surface area (Å²) >= 11 is 6.14. The summed E-state index contributed by atoms with van der Waals surface area (Å²) in [6.07, 6.45) is 3.72. The fourth-order valence-electron chi connectivity index (χ4n) is 4.67. The molecule has 2 aromatic carbocycles. The van der Waals surface area contributed by atoms with E-state index in [9.17, 15) is 13.2 Å². The summed E-state index contributed by atoms with van der Waals surface area (Å²) in [4.78, 5) is 18.0. The Kier molecular flexibility index (Phi) is 8.62. The van der Waals surface area contributed by atoms with Crippen molar-refractivity contribution >= 4 is 33.3 Å². The number of nitrogens with zero attached hydrogens (tertiary/aromatic N) is 4. The maximum Gasteiger partial charge on any atom is 0.264 e. The lowest BCUT2D eigenvalue weighted by atomic mass is 9.98. The van der Waals surface area contributed by atoms with Crippen LogP contribution in [0.4, 0.5) is 0 Å². The maximum atomic E-state index is 13.1. The fraction of sp³-hybridized carbons (Fsp3) is 0.407. The molecule has 40 heavy (non-hydrogen) atoms. The first-order valence-electron chi connectivity index (χ1n) is 13.0. The van der Waals surface area contributed by atoms with E-state index in [4.69, 9.17) is 30.3 Å². The van der Waals surface area contributed by atoms with Crippen LogP contribution in [-0.2, 0) is 23.8 Å². The van der Waals surface area contributed by atoms with Crippen LogP contribution in [0.1, 0.15) is 58.4 Å². The van der Waals surface area contributed by atoms with E-state index in [1.54, 1.807) is 35.8 Å². The summed E-state index contributed by atoms with van der Waals surface area (Å²) in [5.74, 6) is 0.728. The third-order valence-electron chi connectivity index (χ3n) is 6.57. The highest BCUT2D eigenvalue weighted by Crippen LogP contribution is 2.32. The number of fused-ring (bicyclic) bond motifs is 3. The van der Waals surface area contributed by atoms with Crippen molar-refractivity contribution < 1.29 is 26.9 Å². The van der Waals surface area contributed by atoms with Crippen LogP contribution in [-0.4, -0.2) is 73.7 Å². The first kappa shape index (κ1) is 28.4. The Balaban J connectivity index is 1.48. The fourth-order valence-corrected chi connectivity index (χ4v) is 5.18. The molecule has 0 spiro atoms. The number of nitrogens with one attached hydrogen (secondary N) is 1. The van der Waals surface area contributed by atoms with Gasteiger partial charge in [-0.15, -0.1) is 10.2 Å². The second kappa shape index (κ2) is 12.1. The molecule has 0 aliphatic carbocycles. The normalized spacial score (nSPS) is 18.8. The SMILES string of the molecule is Cc1nnc2n1-c1ccc(C(=O)NCCOC3CCCCO3)cc1C(c1ccc(Cl)cc1)=NC2COS(C)(=O)=O. The molecular formula is C27H30ClN5O6S. The topological polar surface area (TPSA) is 134 Å². The predicted octanol–water partition coefficient (Wildman–Crippen LogP) is 3.37. The highest BCUT2D eigenvalue weighted by Gasteiger charge is 2.30. The Labute approximate surface area is 237 Å². The lowest BCUT2D eigenvalue weighted by Gasteiger charge is -2.22. The molecule has 0 saturated carbocycles. The number of aryl methyl sites for hydroxylation is 1. The molecule has 1 fully saturated rings. The van der Waals surface area contributed by atoms with Gasteiger partial charge in [0.15, 0.2) is 12.1 Å². The van der Waals surface area contributed by atoms with E-state index in [2.05, 4.69) is 15.5 Å². The van der Waals surface area contributed by atoms with Crippen LogP contribution in [0.5, 0.6) is 0 Å². The van der Waals surface area contributed by atoms with Gasteiger partial charge in [-0.2, -0.15) is 8.42 Å². The van der Waals surface area contributed by atoms with Crippen molar-refractivity contribution in [1.29, 1.82) is 0 Å². The zero-order valence-corrected chi connectivity index (χ0v) is 23.7. The molecule has 2 atom stereocenters. The minimum Gasteiger partial charge on any atom is -0.353 e. The summed E-state index contributed by atoms with van der Waals surface area (Å²) in [6, 6.07) is 11.6. The molecule has 11 nitrogen and oxygen atoms in total. The molecule has 0 radical (unpaired) electrons. The van der Waals surface area contributed by atoms with E-state index in [-0.39, 0.29) is 18.8 Å². The van der Waals surface area contributed by atoms with Gasteiger partial charge in [-0.3, -0.25) is 18.5 Å². The van der Waals surface area contributed by atoms with Gasteiger partial charge in [0.1, 0.15) is 11.9 Å². The van der Waals surface area contributed by atoms with Crippen LogP contribution in [0.3, 0.4) is 0 Å². The van der Waals surface area contributed by atoms with Crippen LogP contribution in [0.25, 0.3) is 5.69 Å². The van der Waals surface area contributed by atoms with E-state index in [0.29, 0.717) is 59.0 Å². The van der Waals surface area contributed by atoms with E-state index < -0.39 is 16.2 Å². The van der Waals surface area contributed by atoms with Gasteiger partial charge in [0.25, 0.3) is 16.0 Å². The minimum absolute atomic E-state index is 0.225. The number of hydrogen-bond acceptors (Lipinski definition) is 9. The molecule has 0 bridgehead atoms. The number of carbonyl (C=O) groups excluding carboxylic acids is 1. The molecular weight excluding hydrogens is 558 g/mol. The van der Waals surface area contributed by atoms with Gasteiger partial charge in [-0.05, 0) is 56.5 Å². The number of aromatic nitrogens is 3. The Morgan fingerprint density at radius 2 is 1.98 bits per heavy atom. The summed E-state index contributed by atoms with van der Waals surface area (Å²) < 4.78 is 41.9. The van der Waals surface area contributed by atoms with Crippen molar-refractivity contribution in [2.45, 2.75) is 38.5 Å².